The molecule has 4 N–H and O–H groups in total. The van der Waals surface area contributed by atoms with Gasteiger partial charge in [0.2, 0.25) is 0 Å². The molecule has 0 aliphatic carbocycles. The molecule has 0 saturated carbocycles. The molecule has 7 heteroatoms. The van der Waals surface area contributed by atoms with E-state index in [0.717, 1.165) is 6.54 Å². The summed E-state index contributed by atoms with van der Waals surface area (Å²) in [4.78, 5) is 17.8. The summed E-state index contributed by atoms with van der Waals surface area (Å²) in [5.74, 6) is 0.501. The van der Waals surface area contributed by atoms with Crippen molar-refractivity contribution >= 4 is 11.7 Å². The zero-order chi connectivity index (χ0) is 13.5. The topological polar surface area (TPSA) is 92.5 Å². The lowest BCUT2D eigenvalue weighted by atomic mass is 10.2. The first-order valence-corrected chi connectivity index (χ1v) is 6.28. The maximum atomic E-state index is 11.8. The number of rotatable bonds is 5. The Bertz CT molecular complexity index is 400. The van der Waals surface area contributed by atoms with Crippen LogP contribution in [0.2, 0.25) is 0 Å². The predicted octanol–water partition coefficient (Wildman–Crippen LogP) is -0.816. The number of aromatic nitrogens is 1. The number of pyridine rings is 1. The van der Waals surface area contributed by atoms with Crippen molar-refractivity contribution in [2.45, 2.75) is 6.10 Å². The minimum Gasteiger partial charge on any atom is -0.374 e. The molecule has 0 aromatic carbocycles. The largest absolute Gasteiger partial charge is 0.374 e. The minimum atomic E-state index is -0.108. The molecule has 7 nitrogen and oxygen atoms in total. The predicted molar refractivity (Wildman–Crippen MR) is 71.2 cm³/mol. The molecule has 1 aromatic rings. The second-order valence-electron chi connectivity index (χ2n) is 4.35. The van der Waals surface area contributed by atoms with Gasteiger partial charge in [0, 0.05) is 25.8 Å². The van der Waals surface area contributed by atoms with Gasteiger partial charge in [0.1, 0.15) is 5.82 Å². The summed E-state index contributed by atoms with van der Waals surface area (Å²) in [6.07, 6.45) is 1.67. The lowest BCUT2D eigenvalue weighted by Gasteiger charge is -2.31. The van der Waals surface area contributed by atoms with Gasteiger partial charge in [-0.1, -0.05) is 6.07 Å². The van der Waals surface area contributed by atoms with Gasteiger partial charge in [0.25, 0.3) is 5.91 Å². The fraction of sp³-hybridized carbons (Fsp3) is 0.500. The van der Waals surface area contributed by atoms with Crippen molar-refractivity contribution in [3.63, 3.8) is 0 Å². The molecule has 0 bridgehead atoms. The Labute approximate surface area is 112 Å². The van der Waals surface area contributed by atoms with Crippen molar-refractivity contribution < 1.29 is 9.53 Å². The van der Waals surface area contributed by atoms with E-state index < -0.39 is 0 Å². The summed E-state index contributed by atoms with van der Waals surface area (Å²) in [7, 11) is 0. The lowest BCUT2D eigenvalue weighted by molar-refractivity contribution is -0.123. The minimum absolute atomic E-state index is 0.0188. The van der Waals surface area contributed by atoms with Crippen LogP contribution in [0.15, 0.2) is 24.4 Å². The Morgan fingerprint density at radius 3 is 3.21 bits per heavy atom. The van der Waals surface area contributed by atoms with E-state index in [9.17, 15) is 4.79 Å². The molecule has 1 unspecified atom stereocenters. The highest BCUT2D eigenvalue weighted by molar-refractivity contribution is 5.79. The van der Waals surface area contributed by atoms with Crippen LogP contribution in [0.5, 0.6) is 0 Å². The zero-order valence-electron chi connectivity index (χ0n) is 10.7. The molecule has 104 valence electrons. The van der Waals surface area contributed by atoms with E-state index in [0.29, 0.717) is 32.1 Å². The summed E-state index contributed by atoms with van der Waals surface area (Å²) in [5, 5.41) is 0. The van der Waals surface area contributed by atoms with Gasteiger partial charge in [-0.25, -0.2) is 4.98 Å². The van der Waals surface area contributed by atoms with Crippen LogP contribution in [0.3, 0.4) is 0 Å². The SMILES string of the molecule is NCC1CN(CC(=O)NNc2ccccn2)CCO1. The number of carbonyl (C=O) groups is 1. The van der Waals surface area contributed by atoms with Crippen LogP contribution >= 0.6 is 0 Å². The van der Waals surface area contributed by atoms with Gasteiger partial charge in [0.15, 0.2) is 0 Å². The van der Waals surface area contributed by atoms with Crippen molar-refractivity contribution in [2.24, 2.45) is 5.73 Å². The average molecular weight is 265 g/mol. The van der Waals surface area contributed by atoms with Crippen molar-refractivity contribution in [3.05, 3.63) is 24.4 Å². The fourth-order valence-corrected chi connectivity index (χ4v) is 1.88. The van der Waals surface area contributed by atoms with Crippen LogP contribution in [-0.4, -0.2) is 54.7 Å². The fourth-order valence-electron chi connectivity index (χ4n) is 1.88. The number of anilines is 1. The van der Waals surface area contributed by atoms with Crippen molar-refractivity contribution in [2.75, 3.05) is 38.2 Å². The zero-order valence-corrected chi connectivity index (χ0v) is 10.7. The highest BCUT2D eigenvalue weighted by Gasteiger charge is 2.20. The number of morpholine rings is 1. The normalized spacial score (nSPS) is 19.9. The van der Waals surface area contributed by atoms with Gasteiger partial charge in [-0.2, -0.15) is 0 Å². The number of nitrogens with zero attached hydrogens (tertiary/aromatic N) is 2. The Morgan fingerprint density at radius 1 is 1.58 bits per heavy atom. The number of amides is 1. The van der Waals surface area contributed by atoms with Crippen molar-refractivity contribution in [1.29, 1.82) is 0 Å². The number of carbonyl (C=O) groups excluding carboxylic acids is 1. The second-order valence-corrected chi connectivity index (χ2v) is 4.35. The summed E-state index contributed by atoms with van der Waals surface area (Å²) >= 11 is 0. The van der Waals surface area contributed by atoms with Gasteiger partial charge >= 0.3 is 0 Å². The molecule has 19 heavy (non-hydrogen) atoms. The molecule has 1 aliphatic rings. The van der Waals surface area contributed by atoms with E-state index >= 15 is 0 Å². The monoisotopic (exact) mass is 265 g/mol. The maximum absolute atomic E-state index is 11.8. The summed E-state index contributed by atoms with van der Waals surface area (Å²) in [6, 6.07) is 5.43. The third kappa shape index (κ3) is 4.47. The third-order valence-corrected chi connectivity index (χ3v) is 2.85. The number of nitrogens with two attached hydrogens (primary N) is 1. The summed E-state index contributed by atoms with van der Waals surface area (Å²) < 4.78 is 5.44. The molecule has 2 rings (SSSR count). The van der Waals surface area contributed by atoms with Crippen LogP contribution in [-0.2, 0) is 9.53 Å². The molecule has 2 heterocycles. The van der Waals surface area contributed by atoms with Crippen LogP contribution < -0.4 is 16.6 Å². The highest BCUT2D eigenvalue weighted by atomic mass is 16.5. The molecular weight excluding hydrogens is 246 g/mol. The molecule has 0 spiro atoms. The highest BCUT2D eigenvalue weighted by Crippen LogP contribution is 2.03. The van der Waals surface area contributed by atoms with Crippen LogP contribution in [0, 0.1) is 0 Å². The molecule has 1 atom stereocenters. The first kappa shape index (κ1) is 13.7. The lowest BCUT2D eigenvalue weighted by Crippen LogP contribution is -2.49. The van der Waals surface area contributed by atoms with Crippen molar-refractivity contribution in [3.8, 4) is 0 Å². The molecule has 0 radical (unpaired) electrons. The van der Waals surface area contributed by atoms with Gasteiger partial charge in [-0.05, 0) is 12.1 Å². The molecule has 1 fully saturated rings. The second kappa shape index (κ2) is 7.03. The number of nitrogens with one attached hydrogen (secondary N) is 2. The van der Waals surface area contributed by atoms with E-state index in [4.69, 9.17) is 10.5 Å². The summed E-state index contributed by atoms with van der Waals surface area (Å²) in [6.45, 7) is 2.84. The quantitative estimate of drug-likeness (QED) is 0.603. The molecule has 1 aromatic heterocycles. The van der Waals surface area contributed by atoms with Crippen LogP contribution in [0.4, 0.5) is 5.82 Å². The number of hydrogen-bond acceptors (Lipinski definition) is 6. The van der Waals surface area contributed by atoms with E-state index in [1.54, 1.807) is 12.3 Å². The van der Waals surface area contributed by atoms with E-state index in [1.807, 2.05) is 17.0 Å². The molecule has 1 aliphatic heterocycles. The van der Waals surface area contributed by atoms with E-state index in [1.165, 1.54) is 0 Å². The smallest absolute Gasteiger partial charge is 0.252 e. The van der Waals surface area contributed by atoms with Crippen LogP contribution in [0.1, 0.15) is 0 Å². The van der Waals surface area contributed by atoms with Gasteiger partial charge in [-0.15, -0.1) is 0 Å². The number of ether oxygens (including phenoxy) is 1. The first-order valence-electron chi connectivity index (χ1n) is 6.28. The number of hydrogen-bond donors (Lipinski definition) is 3. The van der Waals surface area contributed by atoms with Gasteiger partial charge in [-0.3, -0.25) is 20.5 Å². The van der Waals surface area contributed by atoms with Crippen molar-refractivity contribution in [1.82, 2.24) is 15.3 Å². The third-order valence-electron chi connectivity index (χ3n) is 2.85. The van der Waals surface area contributed by atoms with E-state index in [-0.39, 0.29) is 12.0 Å². The Hall–Kier alpha value is -1.70. The Morgan fingerprint density at radius 2 is 2.47 bits per heavy atom. The Balaban J connectivity index is 1.72. The first-order chi connectivity index (χ1) is 9.28. The van der Waals surface area contributed by atoms with Gasteiger partial charge in [0.05, 0.1) is 19.3 Å². The van der Waals surface area contributed by atoms with Crippen LogP contribution in [0.25, 0.3) is 0 Å². The molecule has 1 amide bonds. The molecular formula is C12H19N5O2. The van der Waals surface area contributed by atoms with Gasteiger partial charge < -0.3 is 10.5 Å². The Kier molecular flexibility index (Phi) is 5.08. The standard InChI is InChI=1S/C12H19N5O2/c13-7-10-8-17(5-6-19-10)9-12(18)16-15-11-3-1-2-4-14-11/h1-4,10H,5-9,13H2,(H,14,15)(H,16,18). The average Bonchev–Trinajstić information content (AvgIpc) is 2.46. The van der Waals surface area contributed by atoms with E-state index in [2.05, 4.69) is 15.8 Å². The molecule has 1 saturated heterocycles. The summed E-state index contributed by atoms with van der Waals surface area (Å²) in [5.41, 5.74) is 10.9. The number of hydrazine groups is 1. The maximum Gasteiger partial charge on any atom is 0.252 e.